The summed E-state index contributed by atoms with van der Waals surface area (Å²) in [5, 5.41) is 0. The molecule has 0 saturated carbocycles. The van der Waals surface area contributed by atoms with E-state index in [1.807, 2.05) is 21.1 Å². The molecule has 0 rings (SSSR count). The maximum absolute atomic E-state index is 12.8. The topological polar surface area (TPSA) is 108 Å². The van der Waals surface area contributed by atoms with Gasteiger partial charge >= 0.3 is 19.8 Å². The van der Waals surface area contributed by atoms with Crippen LogP contribution in [0.5, 0.6) is 0 Å². The number of nitrogens with zero attached hydrogens (tertiary/aromatic N) is 1. The van der Waals surface area contributed by atoms with Gasteiger partial charge in [-0.25, -0.2) is 4.57 Å². The third kappa shape index (κ3) is 58.7. The molecule has 0 amide bonds. The average Bonchev–Trinajstić information content (AvgIpc) is 3.36. The molecule has 0 aliphatic heterocycles. The molecule has 0 saturated heterocycles. The Hall–Kier alpha value is -2.55. The Balaban J connectivity index is 4.15. The highest BCUT2D eigenvalue weighted by Gasteiger charge is 2.27. The fourth-order valence-electron chi connectivity index (χ4n) is 8.44. The van der Waals surface area contributed by atoms with Crippen LogP contribution in [-0.2, 0) is 32.7 Å². The highest BCUT2D eigenvalue weighted by molar-refractivity contribution is 7.47. The second-order valence-electron chi connectivity index (χ2n) is 21.7. The highest BCUT2D eigenvalue weighted by atomic mass is 31.2. The molecular formula is C64H117NO8P+. The number of esters is 2. The minimum absolute atomic E-state index is 0.0271. The van der Waals surface area contributed by atoms with Crippen molar-refractivity contribution < 1.29 is 42.1 Å². The SMILES string of the molecule is CCCCCCC/C=C\C/C=C\C/C=C\CCCCCCCCCCCCCCCCC(=O)OC(COC(=O)CCCCCCCC/C=C\C/C=C\C/C=C\CCCCCCC)COP(=O)(O)OCC[N+](C)(C)C. The number of carbonyl (C=O) groups is 2. The van der Waals surface area contributed by atoms with Gasteiger partial charge < -0.3 is 18.9 Å². The van der Waals surface area contributed by atoms with E-state index in [-0.39, 0.29) is 32.0 Å². The zero-order chi connectivity index (χ0) is 54.2. The quantitative estimate of drug-likeness (QED) is 0.0211. The molecular weight excluding hydrogens is 942 g/mol. The van der Waals surface area contributed by atoms with E-state index in [0.29, 0.717) is 17.4 Å². The van der Waals surface area contributed by atoms with Crippen molar-refractivity contribution in [2.75, 3.05) is 47.5 Å². The van der Waals surface area contributed by atoms with Crippen LogP contribution in [0.4, 0.5) is 0 Å². The molecule has 430 valence electrons. The minimum Gasteiger partial charge on any atom is -0.462 e. The first-order valence-electron chi connectivity index (χ1n) is 30.7. The molecule has 0 heterocycles. The highest BCUT2D eigenvalue weighted by Crippen LogP contribution is 2.43. The number of ether oxygens (including phenoxy) is 2. The van der Waals surface area contributed by atoms with Crippen molar-refractivity contribution in [2.24, 2.45) is 0 Å². The maximum atomic E-state index is 12.8. The fraction of sp³-hybridized carbons (Fsp3) is 0.781. The van der Waals surface area contributed by atoms with E-state index >= 15 is 0 Å². The van der Waals surface area contributed by atoms with Crippen molar-refractivity contribution >= 4 is 19.8 Å². The van der Waals surface area contributed by atoms with Gasteiger partial charge in [0.05, 0.1) is 27.7 Å². The van der Waals surface area contributed by atoms with Crippen LogP contribution in [0.2, 0.25) is 0 Å². The van der Waals surface area contributed by atoms with E-state index in [0.717, 1.165) is 77.0 Å². The van der Waals surface area contributed by atoms with Crippen molar-refractivity contribution in [1.82, 2.24) is 0 Å². The largest absolute Gasteiger partial charge is 0.472 e. The standard InChI is InChI=1S/C64H116NO8P/c1-6-8-10-12-14-16-18-20-22-24-26-28-29-30-31-32-33-34-35-37-39-41-43-45-47-49-51-53-55-57-64(67)73-62(61-72-74(68,69)71-59-58-65(3,4)5)60-70-63(66)56-54-52-50-48-46-44-42-40-38-36-27-25-23-21-19-17-15-13-11-9-7-2/h18-21,24-27,29-30,38,40,62H,6-17,22-23,28,31-37,39,41-61H2,1-5H3/p+1/b20-18-,21-19-,26-24-,27-25-,30-29-,40-38-. The van der Waals surface area contributed by atoms with E-state index in [4.69, 9.17) is 18.5 Å². The lowest BCUT2D eigenvalue weighted by atomic mass is 10.0. The van der Waals surface area contributed by atoms with Gasteiger partial charge in [0.25, 0.3) is 0 Å². The molecule has 2 atom stereocenters. The summed E-state index contributed by atoms with van der Waals surface area (Å²) in [6, 6.07) is 0. The van der Waals surface area contributed by atoms with E-state index in [1.165, 1.54) is 161 Å². The first-order valence-corrected chi connectivity index (χ1v) is 32.2. The normalized spacial score (nSPS) is 13.8. The Kier molecular flexibility index (Phi) is 53.3. The fourth-order valence-corrected chi connectivity index (χ4v) is 9.18. The number of phosphoric ester groups is 1. The first kappa shape index (κ1) is 71.5. The average molecular weight is 1060 g/mol. The molecule has 1 N–H and O–H groups in total. The third-order valence-corrected chi connectivity index (χ3v) is 14.2. The van der Waals surface area contributed by atoms with Crippen molar-refractivity contribution in [1.29, 1.82) is 0 Å². The van der Waals surface area contributed by atoms with E-state index in [9.17, 15) is 19.0 Å². The van der Waals surface area contributed by atoms with Crippen molar-refractivity contribution in [3.63, 3.8) is 0 Å². The summed E-state index contributed by atoms with van der Waals surface area (Å²) in [7, 11) is 1.47. The van der Waals surface area contributed by atoms with Crippen LogP contribution in [0.15, 0.2) is 72.9 Å². The van der Waals surface area contributed by atoms with Gasteiger partial charge in [-0.2, -0.15) is 0 Å². The first-order chi connectivity index (χ1) is 36.0. The van der Waals surface area contributed by atoms with Crippen molar-refractivity contribution in [2.45, 2.75) is 277 Å². The lowest BCUT2D eigenvalue weighted by Gasteiger charge is -2.24. The molecule has 0 aromatic rings. The summed E-state index contributed by atoms with van der Waals surface area (Å²) in [6.45, 7) is 4.41. The predicted octanol–water partition coefficient (Wildman–Crippen LogP) is 19.3. The number of hydrogen-bond donors (Lipinski definition) is 1. The van der Waals surface area contributed by atoms with E-state index < -0.39 is 26.5 Å². The third-order valence-electron chi connectivity index (χ3n) is 13.2. The molecule has 9 nitrogen and oxygen atoms in total. The Morgan fingerprint density at radius 2 is 0.730 bits per heavy atom. The van der Waals surface area contributed by atoms with Crippen LogP contribution in [0.3, 0.4) is 0 Å². The zero-order valence-electron chi connectivity index (χ0n) is 48.8. The van der Waals surface area contributed by atoms with Crippen molar-refractivity contribution in [3.8, 4) is 0 Å². The predicted molar refractivity (Wildman–Crippen MR) is 316 cm³/mol. The Labute approximate surface area is 457 Å². The van der Waals surface area contributed by atoms with Gasteiger partial charge in [-0.05, 0) is 89.9 Å². The van der Waals surface area contributed by atoms with Gasteiger partial charge in [-0.1, -0.05) is 241 Å². The van der Waals surface area contributed by atoms with Crippen molar-refractivity contribution in [3.05, 3.63) is 72.9 Å². The second kappa shape index (κ2) is 55.2. The number of carbonyl (C=O) groups excluding carboxylic acids is 2. The van der Waals surface area contributed by atoms with Crippen LogP contribution in [0.1, 0.15) is 271 Å². The summed E-state index contributed by atoms with van der Waals surface area (Å²) in [5.74, 6) is -0.808. The number of phosphoric acid groups is 1. The Bertz CT molecular complexity index is 1480. The molecule has 10 heteroatoms. The molecule has 74 heavy (non-hydrogen) atoms. The summed E-state index contributed by atoms with van der Waals surface area (Å²) in [6.07, 6.45) is 72.6. The number of hydrogen-bond acceptors (Lipinski definition) is 7. The van der Waals surface area contributed by atoms with E-state index in [2.05, 4.69) is 86.8 Å². The lowest BCUT2D eigenvalue weighted by molar-refractivity contribution is -0.870. The monoisotopic (exact) mass is 1060 g/mol. The van der Waals surface area contributed by atoms with Crippen LogP contribution in [0.25, 0.3) is 0 Å². The van der Waals surface area contributed by atoms with Crippen LogP contribution in [-0.4, -0.2) is 74.9 Å². The molecule has 0 aliphatic rings. The molecule has 0 aliphatic carbocycles. The summed E-state index contributed by atoms with van der Waals surface area (Å²) in [4.78, 5) is 35.7. The Morgan fingerprint density at radius 3 is 1.08 bits per heavy atom. The van der Waals surface area contributed by atoms with Crippen LogP contribution < -0.4 is 0 Å². The smallest absolute Gasteiger partial charge is 0.462 e. The molecule has 0 aromatic heterocycles. The van der Waals surface area contributed by atoms with Gasteiger partial charge in [0.2, 0.25) is 0 Å². The zero-order valence-corrected chi connectivity index (χ0v) is 49.7. The van der Waals surface area contributed by atoms with Crippen LogP contribution in [0, 0.1) is 0 Å². The number of likely N-dealkylation sites (N-methyl/N-ethyl adjacent to an activating group) is 1. The van der Waals surface area contributed by atoms with Gasteiger partial charge in [0.15, 0.2) is 6.10 Å². The number of unbranched alkanes of at least 4 members (excludes halogenated alkanes) is 30. The van der Waals surface area contributed by atoms with Gasteiger partial charge in [0.1, 0.15) is 19.8 Å². The number of allylic oxidation sites excluding steroid dienone is 12. The summed E-state index contributed by atoms with van der Waals surface area (Å²) >= 11 is 0. The second-order valence-corrected chi connectivity index (χ2v) is 23.2. The summed E-state index contributed by atoms with van der Waals surface area (Å²) < 4.78 is 34.6. The van der Waals surface area contributed by atoms with E-state index in [1.54, 1.807) is 0 Å². The molecule has 0 spiro atoms. The molecule has 0 radical (unpaired) electrons. The molecule has 0 bridgehead atoms. The molecule has 2 unspecified atom stereocenters. The molecule has 0 aromatic carbocycles. The number of rotatable bonds is 56. The van der Waals surface area contributed by atoms with Gasteiger partial charge in [0, 0.05) is 12.8 Å². The maximum Gasteiger partial charge on any atom is 0.472 e. The van der Waals surface area contributed by atoms with Gasteiger partial charge in [-0.15, -0.1) is 0 Å². The summed E-state index contributed by atoms with van der Waals surface area (Å²) in [5.41, 5.74) is 0. The number of quaternary nitrogens is 1. The lowest BCUT2D eigenvalue weighted by Crippen LogP contribution is -2.37. The van der Waals surface area contributed by atoms with Gasteiger partial charge in [-0.3, -0.25) is 18.6 Å². The minimum atomic E-state index is -4.39. The van der Waals surface area contributed by atoms with Crippen LogP contribution >= 0.6 is 7.82 Å². The Morgan fingerprint density at radius 1 is 0.419 bits per heavy atom. The molecule has 0 fully saturated rings.